The van der Waals surface area contributed by atoms with Gasteiger partial charge in [0.25, 0.3) is 0 Å². The van der Waals surface area contributed by atoms with Gasteiger partial charge < -0.3 is 28.7 Å². The molecule has 182 valence electrons. The third-order valence-corrected chi connectivity index (χ3v) is 8.50. The molecule has 1 saturated carbocycles. The molecule has 1 spiro atoms. The number of rotatable bonds is 8. The summed E-state index contributed by atoms with van der Waals surface area (Å²) in [6.07, 6.45) is 7.52. The second-order valence-electron chi connectivity index (χ2n) is 11.3. The molecule has 0 bridgehead atoms. The minimum absolute atomic E-state index is 0.0544. The average molecular weight is 452 g/mol. The van der Waals surface area contributed by atoms with E-state index in [4.69, 9.17) is 18.9 Å². The first-order valence-electron chi connectivity index (χ1n) is 12.4. The van der Waals surface area contributed by atoms with Crippen molar-refractivity contribution in [3.05, 3.63) is 11.6 Å². The highest BCUT2D eigenvalue weighted by molar-refractivity contribution is 5.67. The number of quaternary nitrogens is 1. The van der Waals surface area contributed by atoms with Gasteiger partial charge in [0, 0.05) is 32.9 Å². The summed E-state index contributed by atoms with van der Waals surface area (Å²) >= 11 is 0. The van der Waals surface area contributed by atoms with Crippen molar-refractivity contribution in [1.82, 2.24) is 5.32 Å². The van der Waals surface area contributed by atoms with Crippen LogP contribution in [-0.4, -0.2) is 87.0 Å². The van der Waals surface area contributed by atoms with Gasteiger partial charge >= 0.3 is 6.09 Å². The summed E-state index contributed by atoms with van der Waals surface area (Å²) in [5.41, 5.74) is 0.787. The van der Waals surface area contributed by atoms with Crippen molar-refractivity contribution in [2.24, 2.45) is 5.92 Å². The first-order valence-corrected chi connectivity index (χ1v) is 12.4. The molecular weight excluding hydrogens is 408 g/mol. The number of hydrogen-bond acceptors (Lipinski definition) is 5. The van der Waals surface area contributed by atoms with Crippen molar-refractivity contribution < 1.29 is 28.2 Å². The molecule has 4 fully saturated rings. The normalized spacial score (nSPS) is 41.9. The van der Waals surface area contributed by atoms with Gasteiger partial charge in [0.1, 0.15) is 23.4 Å². The van der Waals surface area contributed by atoms with Gasteiger partial charge in [-0.15, -0.1) is 0 Å². The van der Waals surface area contributed by atoms with E-state index in [0.717, 1.165) is 36.8 Å². The molecule has 1 N–H and O–H groups in total. The van der Waals surface area contributed by atoms with Gasteiger partial charge in [0.2, 0.25) is 0 Å². The Labute approximate surface area is 193 Å². The molecule has 3 heterocycles. The Morgan fingerprint density at radius 1 is 1.28 bits per heavy atom. The number of ether oxygens (including phenoxy) is 4. The van der Waals surface area contributed by atoms with E-state index in [9.17, 15) is 4.79 Å². The number of allylic oxidation sites excluding steroid dienone is 1. The largest absolute Gasteiger partial charge is 0.443 e. The number of methoxy groups -OCH3 is 1. The van der Waals surface area contributed by atoms with Crippen molar-refractivity contribution in [2.75, 3.05) is 40.9 Å². The highest BCUT2D eigenvalue weighted by Crippen LogP contribution is 2.59. The Morgan fingerprint density at radius 3 is 2.62 bits per heavy atom. The van der Waals surface area contributed by atoms with Gasteiger partial charge in [-0.3, -0.25) is 0 Å². The summed E-state index contributed by atoms with van der Waals surface area (Å²) in [5, 5.41) is 2.99. The number of hydrogen-bond donors (Lipinski definition) is 1. The van der Waals surface area contributed by atoms with E-state index in [1.54, 1.807) is 7.11 Å². The number of epoxide rings is 2. The van der Waals surface area contributed by atoms with Gasteiger partial charge in [-0.05, 0) is 40.0 Å². The fraction of sp³-hybridized carbons (Fsp3) is 0.880. The number of likely N-dealkylation sites (tertiary alicyclic amines) is 1. The summed E-state index contributed by atoms with van der Waals surface area (Å²) in [6, 6.07) is 0.609. The number of nitrogens with one attached hydrogen (secondary N) is 1. The summed E-state index contributed by atoms with van der Waals surface area (Å²) in [5.74, 6) is 0.0544. The molecule has 3 saturated heterocycles. The van der Waals surface area contributed by atoms with Crippen LogP contribution < -0.4 is 5.32 Å². The number of amides is 1. The van der Waals surface area contributed by atoms with Crippen molar-refractivity contribution in [3.8, 4) is 0 Å². The van der Waals surface area contributed by atoms with Crippen LogP contribution in [-0.2, 0) is 18.9 Å². The lowest BCUT2D eigenvalue weighted by Crippen LogP contribution is -2.56. The topological polar surface area (TPSA) is 72.6 Å². The van der Waals surface area contributed by atoms with Crippen LogP contribution in [0.25, 0.3) is 0 Å². The zero-order valence-corrected chi connectivity index (χ0v) is 20.8. The summed E-state index contributed by atoms with van der Waals surface area (Å²) < 4.78 is 25.1. The van der Waals surface area contributed by atoms with Crippen LogP contribution in [0, 0.1) is 5.92 Å². The third-order valence-electron chi connectivity index (χ3n) is 8.50. The van der Waals surface area contributed by atoms with Crippen LogP contribution in [0.5, 0.6) is 0 Å². The van der Waals surface area contributed by atoms with E-state index in [0.29, 0.717) is 12.6 Å². The molecule has 1 unspecified atom stereocenters. The van der Waals surface area contributed by atoms with Crippen molar-refractivity contribution in [2.45, 2.75) is 94.9 Å². The zero-order chi connectivity index (χ0) is 23.1. The summed E-state index contributed by atoms with van der Waals surface area (Å²) in [7, 11) is 6.27. The van der Waals surface area contributed by atoms with Crippen molar-refractivity contribution in [1.29, 1.82) is 0 Å². The molecule has 0 radical (unpaired) electrons. The van der Waals surface area contributed by atoms with E-state index >= 15 is 0 Å². The van der Waals surface area contributed by atoms with Gasteiger partial charge in [0.05, 0.1) is 45.3 Å². The van der Waals surface area contributed by atoms with Gasteiger partial charge in [-0.25, -0.2) is 4.79 Å². The fourth-order valence-corrected chi connectivity index (χ4v) is 6.35. The van der Waals surface area contributed by atoms with Crippen molar-refractivity contribution in [3.63, 3.8) is 0 Å². The number of alkyl carbamates (subject to hydrolysis) is 1. The molecular formula is C25H43N2O5+. The van der Waals surface area contributed by atoms with Crippen LogP contribution in [0.4, 0.5) is 4.79 Å². The lowest BCUT2D eigenvalue weighted by molar-refractivity contribution is -0.902. The molecule has 7 atom stereocenters. The van der Waals surface area contributed by atoms with Crippen LogP contribution in [0.2, 0.25) is 0 Å². The van der Waals surface area contributed by atoms with Gasteiger partial charge in [0.15, 0.2) is 0 Å². The maximum absolute atomic E-state index is 12.6. The molecule has 4 rings (SSSR count). The van der Waals surface area contributed by atoms with Crippen LogP contribution in [0.15, 0.2) is 11.6 Å². The fourth-order valence-electron chi connectivity index (χ4n) is 6.35. The molecule has 0 aromatic rings. The molecule has 1 aliphatic carbocycles. The van der Waals surface area contributed by atoms with Crippen LogP contribution in [0.1, 0.15) is 59.3 Å². The average Bonchev–Trinajstić information content (AvgIpc) is 3.60. The Kier molecular flexibility index (Phi) is 6.67. The molecule has 7 heteroatoms. The van der Waals surface area contributed by atoms with Crippen LogP contribution >= 0.6 is 0 Å². The molecule has 0 aromatic heterocycles. The SMILES string of the molecule is CO[C@H]1[C@@H]([C@@]2(C)O[C@@H]2CC=C(C)C)[C@]2(CC[C@H]1OC(=O)NCCC1CCC[N+]1(C)C)CO2. The molecule has 3 aliphatic heterocycles. The maximum atomic E-state index is 12.6. The van der Waals surface area contributed by atoms with Crippen molar-refractivity contribution >= 4 is 6.09 Å². The Hall–Kier alpha value is -1.15. The highest BCUT2D eigenvalue weighted by Gasteiger charge is 2.72. The van der Waals surface area contributed by atoms with E-state index in [1.165, 1.54) is 25.0 Å². The number of carbonyl (C=O) groups is 1. The monoisotopic (exact) mass is 451 g/mol. The van der Waals surface area contributed by atoms with Crippen LogP contribution in [0.3, 0.4) is 0 Å². The summed E-state index contributed by atoms with van der Waals surface area (Å²) in [4.78, 5) is 12.6. The first-order chi connectivity index (χ1) is 15.1. The van der Waals surface area contributed by atoms with E-state index < -0.39 is 0 Å². The molecule has 7 nitrogen and oxygen atoms in total. The second-order valence-corrected chi connectivity index (χ2v) is 11.3. The quantitative estimate of drug-likeness (QED) is 0.348. The molecule has 4 aliphatic rings. The lowest BCUT2D eigenvalue weighted by Gasteiger charge is -2.42. The first kappa shape index (κ1) is 24.0. The van der Waals surface area contributed by atoms with E-state index in [2.05, 4.69) is 46.3 Å². The smallest absolute Gasteiger partial charge is 0.407 e. The Bertz CT molecular complexity index is 730. The minimum atomic E-state index is -0.338. The second kappa shape index (κ2) is 8.90. The lowest BCUT2D eigenvalue weighted by atomic mass is 9.68. The predicted octanol–water partition coefficient (Wildman–Crippen LogP) is 3.42. The molecule has 32 heavy (non-hydrogen) atoms. The highest BCUT2D eigenvalue weighted by atomic mass is 16.6. The standard InChI is InChI=1S/C25H42N2O5/c1-17(2)9-10-20-24(3,32-20)22-21(29-6)19(11-13-25(22)16-30-25)31-23(28)26-14-12-18-8-7-15-27(18,4)5/h9,18-22H,7-8,10-16H2,1-6H3/p+1/t18?,19-,20-,21-,22+,24+,25+/m1/s1. The minimum Gasteiger partial charge on any atom is -0.443 e. The summed E-state index contributed by atoms with van der Waals surface area (Å²) in [6.45, 7) is 8.99. The van der Waals surface area contributed by atoms with Gasteiger partial charge in [-0.2, -0.15) is 0 Å². The molecule has 1 amide bonds. The number of nitrogens with zero attached hydrogens (tertiary/aromatic N) is 1. The zero-order valence-electron chi connectivity index (χ0n) is 20.8. The molecule has 0 aromatic carbocycles. The third kappa shape index (κ3) is 4.72. The van der Waals surface area contributed by atoms with Gasteiger partial charge in [-0.1, -0.05) is 11.6 Å². The predicted molar refractivity (Wildman–Crippen MR) is 122 cm³/mol. The Morgan fingerprint density at radius 2 is 2.03 bits per heavy atom. The Balaban J connectivity index is 1.34. The maximum Gasteiger partial charge on any atom is 0.407 e. The van der Waals surface area contributed by atoms with E-state index in [1.807, 2.05) is 0 Å². The number of carbonyl (C=O) groups excluding carboxylic acids is 1. The van der Waals surface area contributed by atoms with E-state index in [-0.39, 0.29) is 41.5 Å².